The van der Waals surface area contributed by atoms with E-state index in [1.54, 1.807) is 38.6 Å². The molecule has 1 aromatic heterocycles. The summed E-state index contributed by atoms with van der Waals surface area (Å²) in [4.78, 5) is 28.3. The van der Waals surface area contributed by atoms with Crippen molar-refractivity contribution >= 4 is 11.7 Å². The lowest BCUT2D eigenvalue weighted by atomic mass is 10.1. The maximum absolute atomic E-state index is 12.0. The Morgan fingerprint density at radius 1 is 1.15 bits per heavy atom. The molecular weight excluding hydrogens is 332 g/mol. The van der Waals surface area contributed by atoms with Crippen LogP contribution in [0.25, 0.3) is 0 Å². The number of nitrogens with zero attached hydrogens (tertiary/aromatic N) is 1. The van der Waals surface area contributed by atoms with Gasteiger partial charge in [0.15, 0.2) is 0 Å². The third-order valence-corrected chi connectivity index (χ3v) is 4.12. The van der Waals surface area contributed by atoms with Gasteiger partial charge in [0, 0.05) is 36.5 Å². The summed E-state index contributed by atoms with van der Waals surface area (Å²) < 4.78 is 10.4. The fourth-order valence-corrected chi connectivity index (χ4v) is 2.58. The standard InChI is InChI=1S/C20H24N2O4/c1-14-6-5-11-21-17(14)7-4-8-18(23)20(24)22-13-15-9-10-16(25-2)12-19(15)26-3/h5-6,9-12H,4,7-8,13H2,1-3H3,(H,22,24). The number of carbonyl (C=O) groups is 2. The maximum atomic E-state index is 12.0. The second-order valence-electron chi connectivity index (χ2n) is 5.90. The van der Waals surface area contributed by atoms with Crippen molar-refractivity contribution in [3.63, 3.8) is 0 Å². The zero-order chi connectivity index (χ0) is 18.9. The van der Waals surface area contributed by atoms with E-state index in [0.29, 0.717) is 24.3 Å². The molecule has 2 aromatic rings. The van der Waals surface area contributed by atoms with Gasteiger partial charge in [-0.15, -0.1) is 0 Å². The number of hydrogen-bond acceptors (Lipinski definition) is 5. The number of ketones is 1. The van der Waals surface area contributed by atoms with Gasteiger partial charge >= 0.3 is 0 Å². The van der Waals surface area contributed by atoms with E-state index in [0.717, 1.165) is 16.8 Å². The molecule has 0 radical (unpaired) electrons. The molecule has 0 saturated heterocycles. The van der Waals surface area contributed by atoms with Gasteiger partial charge in [0.05, 0.1) is 14.2 Å². The van der Waals surface area contributed by atoms with E-state index in [4.69, 9.17) is 9.47 Å². The Kier molecular flexibility index (Phi) is 7.14. The van der Waals surface area contributed by atoms with Crippen LogP contribution in [0.1, 0.15) is 29.7 Å². The molecule has 1 amide bonds. The van der Waals surface area contributed by atoms with Crippen LogP contribution >= 0.6 is 0 Å². The third kappa shape index (κ3) is 5.31. The monoisotopic (exact) mass is 356 g/mol. The van der Waals surface area contributed by atoms with Gasteiger partial charge in [-0.05, 0) is 43.5 Å². The fourth-order valence-electron chi connectivity index (χ4n) is 2.58. The van der Waals surface area contributed by atoms with Gasteiger partial charge in [0.1, 0.15) is 11.5 Å². The number of pyridine rings is 1. The Bertz CT molecular complexity index is 774. The summed E-state index contributed by atoms with van der Waals surface area (Å²) >= 11 is 0. The Hall–Kier alpha value is -2.89. The van der Waals surface area contributed by atoms with Crippen LogP contribution in [-0.2, 0) is 22.6 Å². The molecule has 0 saturated carbocycles. The molecule has 0 unspecified atom stereocenters. The SMILES string of the molecule is COc1ccc(CNC(=O)C(=O)CCCc2ncccc2C)c(OC)c1. The lowest BCUT2D eigenvalue weighted by Crippen LogP contribution is -2.30. The fraction of sp³-hybridized carbons (Fsp3) is 0.350. The average Bonchev–Trinajstić information content (AvgIpc) is 2.67. The van der Waals surface area contributed by atoms with Crippen LogP contribution in [0.2, 0.25) is 0 Å². The predicted octanol–water partition coefficient (Wildman–Crippen LogP) is 2.62. The first-order valence-corrected chi connectivity index (χ1v) is 8.47. The van der Waals surface area contributed by atoms with Gasteiger partial charge in [0.25, 0.3) is 5.91 Å². The molecule has 0 fully saturated rings. The van der Waals surface area contributed by atoms with Crippen LogP contribution < -0.4 is 14.8 Å². The average molecular weight is 356 g/mol. The second kappa shape index (κ2) is 9.56. The van der Waals surface area contributed by atoms with Crippen molar-refractivity contribution in [3.8, 4) is 11.5 Å². The summed E-state index contributed by atoms with van der Waals surface area (Å²) in [6.07, 6.45) is 3.20. The first-order valence-electron chi connectivity index (χ1n) is 8.47. The van der Waals surface area contributed by atoms with E-state index >= 15 is 0 Å². The van der Waals surface area contributed by atoms with Gasteiger partial charge in [-0.1, -0.05) is 6.07 Å². The van der Waals surface area contributed by atoms with Crippen LogP contribution in [0.3, 0.4) is 0 Å². The number of methoxy groups -OCH3 is 2. The number of Topliss-reactive ketones (excluding diaryl/α,β-unsaturated/α-hetero) is 1. The molecule has 6 nitrogen and oxygen atoms in total. The van der Waals surface area contributed by atoms with Gasteiger partial charge in [-0.2, -0.15) is 0 Å². The highest BCUT2D eigenvalue weighted by atomic mass is 16.5. The minimum atomic E-state index is -0.583. The van der Waals surface area contributed by atoms with E-state index in [9.17, 15) is 9.59 Å². The van der Waals surface area contributed by atoms with Gasteiger partial charge < -0.3 is 14.8 Å². The van der Waals surface area contributed by atoms with Crippen molar-refractivity contribution in [2.75, 3.05) is 14.2 Å². The number of nitrogens with one attached hydrogen (secondary N) is 1. The molecule has 0 atom stereocenters. The number of aryl methyl sites for hydroxylation is 2. The molecule has 26 heavy (non-hydrogen) atoms. The lowest BCUT2D eigenvalue weighted by molar-refractivity contribution is -0.138. The number of carbonyl (C=O) groups excluding carboxylic acids is 2. The van der Waals surface area contributed by atoms with Crippen LogP contribution in [0, 0.1) is 6.92 Å². The van der Waals surface area contributed by atoms with Crippen LogP contribution in [0.5, 0.6) is 11.5 Å². The van der Waals surface area contributed by atoms with Crippen molar-refractivity contribution in [2.45, 2.75) is 32.7 Å². The molecule has 6 heteroatoms. The van der Waals surface area contributed by atoms with Crippen molar-refractivity contribution in [1.82, 2.24) is 10.3 Å². The van der Waals surface area contributed by atoms with E-state index in [1.807, 2.05) is 19.1 Å². The summed E-state index contributed by atoms with van der Waals surface area (Å²) in [5.74, 6) is 0.257. The van der Waals surface area contributed by atoms with E-state index in [2.05, 4.69) is 10.3 Å². The van der Waals surface area contributed by atoms with Crippen LogP contribution in [-0.4, -0.2) is 30.9 Å². The third-order valence-electron chi connectivity index (χ3n) is 4.12. The highest BCUT2D eigenvalue weighted by Gasteiger charge is 2.14. The molecule has 0 aliphatic carbocycles. The summed E-state index contributed by atoms with van der Waals surface area (Å²) in [7, 11) is 3.12. The van der Waals surface area contributed by atoms with Crippen molar-refractivity contribution in [1.29, 1.82) is 0 Å². The van der Waals surface area contributed by atoms with Gasteiger partial charge in [-0.3, -0.25) is 14.6 Å². The molecule has 1 N–H and O–H groups in total. The number of rotatable bonds is 9. The molecule has 2 rings (SSSR count). The van der Waals surface area contributed by atoms with Crippen molar-refractivity contribution in [3.05, 3.63) is 53.3 Å². The second-order valence-corrected chi connectivity index (χ2v) is 5.90. The minimum Gasteiger partial charge on any atom is -0.497 e. The van der Waals surface area contributed by atoms with E-state index < -0.39 is 11.7 Å². The summed E-state index contributed by atoms with van der Waals surface area (Å²) in [5, 5.41) is 2.65. The zero-order valence-electron chi connectivity index (χ0n) is 15.4. The molecule has 0 bridgehead atoms. The first kappa shape index (κ1) is 19.4. The van der Waals surface area contributed by atoms with Crippen LogP contribution in [0.15, 0.2) is 36.5 Å². The smallest absolute Gasteiger partial charge is 0.287 e. The number of ether oxygens (including phenoxy) is 2. The quantitative estimate of drug-likeness (QED) is 0.699. The predicted molar refractivity (Wildman–Crippen MR) is 98.3 cm³/mol. The molecule has 1 aromatic carbocycles. The molecule has 0 aliphatic rings. The normalized spacial score (nSPS) is 10.3. The van der Waals surface area contributed by atoms with Crippen molar-refractivity contribution < 1.29 is 19.1 Å². The zero-order valence-corrected chi connectivity index (χ0v) is 15.4. The highest BCUT2D eigenvalue weighted by molar-refractivity contribution is 6.36. The summed E-state index contributed by atoms with van der Waals surface area (Å²) in [6.45, 7) is 2.20. The number of benzene rings is 1. The molecule has 138 valence electrons. The Morgan fingerprint density at radius 2 is 1.96 bits per heavy atom. The molecule has 0 aliphatic heterocycles. The number of hydrogen-bond donors (Lipinski definition) is 1. The molecule has 1 heterocycles. The van der Waals surface area contributed by atoms with Crippen molar-refractivity contribution in [2.24, 2.45) is 0 Å². The summed E-state index contributed by atoms with van der Waals surface area (Å²) in [5.41, 5.74) is 2.83. The van der Waals surface area contributed by atoms with Crippen LogP contribution in [0.4, 0.5) is 0 Å². The summed E-state index contributed by atoms with van der Waals surface area (Å²) in [6, 6.07) is 9.18. The topological polar surface area (TPSA) is 77.5 Å². The Labute approximate surface area is 153 Å². The highest BCUT2D eigenvalue weighted by Crippen LogP contribution is 2.24. The molecule has 0 spiro atoms. The number of aromatic nitrogens is 1. The Balaban J connectivity index is 1.82. The van der Waals surface area contributed by atoms with Gasteiger partial charge in [0.2, 0.25) is 5.78 Å². The number of amides is 1. The first-order chi connectivity index (χ1) is 12.5. The van der Waals surface area contributed by atoms with Gasteiger partial charge in [-0.25, -0.2) is 0 Å². The lowest BCUT2D eigenvalue weighted by Gasteiger charge is -2.11. The largest absolute Gasteiger partial charge is 0.497 e. The molecular formula is C20H24N2O4. The minimum absolute atomic E-state index is 0.196. The van der Waals surface area contributed by atoms with E-state index in [1.165, 1.54) is 0 Å². The van der Waals surface area contributed by atoms with E-state index in [-0.39, 0.29) is 13.0 Å². The Morgan fingerprint density at radius 3 is 2.65 bits per heavy atom. The maximum Gasteiger partial charge on any atom is 0.287 e.